The first-order valence-corrected chi connectivity index (χ1v) is 9.94. The molecule has 4 rings (SSSR count). The van der Waals surface area contributed by atoms with Gasteiger partial charge in [0.2, 0.25) is 0 Å². The molecule has 2 amide bonds. The predicted molar refractivity (Wildman–Crippen MR) is 119 cm³/mol. The van der Waals surface area contributed by atoms with Crippen LogP contribution in [0.25, 0.3) is 22.2 Å². The standard InChI is InChI=1S/C23H19N3O2S/c1-15-12-13-19-18(14-15)21(20(24-19)16-8-4-2-5-9-16)26-29-23(28)25-22(27)17-10-6-3-7-11-17/h2-14,24,26H,1H3,(H,25,27,28). The molecule has 5 nitrogen and oxygen atoms in total. The molecule has 1 aromatic heterocycles. The van der Waals surface area contributed by atoms with Crippen molar-refractivity contribution in [2.75, 3.05) is 4.72 Å². The number of amides is 2. The number of nitrogens with one attached hydrogen (secondary N) is 3. The number of hydrogen-bond acceptors (Lipinski definition) is 4. The number of hydrogen-bond donors (Lipinski definition) is 3. The van der Waals surface area contributed by atoms with E-state index in [1.54, 1.807) is 24.3 Å². The number of aromatic nitrogens is 1. The van der Waals surface area contributed by atoms with E-state index in [0.29, 0.717) is 5.56 Å². The van der Waals surface area contributed by atoms with Gasteiger partial charge in [-0.15, -0.1) is 0 Å². The third kappa shape index (κ3) is 4.17. The molecule has 144 valence electrons. The van der Waals surface area contributed by atoms with E-state index in [4.69, 9.17) is 0 Å². The van der Waals surface area contributed by atoms with Gasteiger partial charge < -0.3 is 9.71 Å². The lowest BCUT2D eigenvalue weighted by Gasteiger charge is -2.08. The number of carbonyl (C=O) groups is 2. The van der Waals surface area contributed by atoms with Gasteiger partial charge in [0.1, 0.15) is 0 Å². The molecule has 3 N–H and O–H groups in total. The first-order valence-electron chi connectivity index (χ1n) is 9.13. The van der Waals surface area contributed by atoms with E-state index >= 15 is 0 Å². The summed E-state index contributed by atoms with van der Waals surface area (Å²) in [4.78, 5) is 27.9. The minimum absolute atomic E-state index is 0.428. The van der Waals surface area contributed by atoms with E-state index in [1.165, 1.54) is 0 Å². The van der Waals surface area contributed by atoms with Gasteiger partial charge in [-0.3, -0.25) is 14.9 Å². The largest absolute Gasteiger partial charge is 0.353 e. The fourth-order valence-corrected chi connectivity index (χ4v) is 3.66. The van der Waals surface area contributed by atoms with Crippen LogP contribution in [-0.2, 0) is 0 Å². The third-order valence-corrected chi connectivity index (χ3v) is 5.11. The van der Waals surface area contributed by atoms with Crippen LogP contribution in [-0.4, -0.2) is 16.1 Å². The molecule has 0 aliphatic heterocycles. The lowest BCUT2D eigenvalue weighted by Crippen LogP contribution is -2.27. The Bertz CT molecular complexity index is 1170. The van der Waals surface area contributed by atoms with Gasteiger partial charge in [0.05, 0.1) is 11.4 Å². The number of H-pyrrole nitrogens is 1. The number of rotatable bonds is 4. The topological polar surface area (TPSA) is 74.0 Å². The smallest absolute Gasteiger partial charge is 0.306 e. The quantitative estimate of drug-likeness (QED) is 0.381. The van der Waals surface area contributed by atoms with Crippen molar-refractivity contribution in [3.8, 4) is 11.3 Å². The molecule has 6 heteroatoms. The number of anilines is 1. The molecule has 0 saturated heterocycles. The molecule has 0 atom stereocenters. The Morgan fingerprint density at radius 2 is 1.59 bits per heavy atom. The Hall–Kier alpha value is -3.51. The van der Waals surface area contributed by atoms with Gasteiger partial charge in [-0.25, -0.2) is 0 Å². The number of carbonyl (C=O) groups excluding carboxylic acids is 2. The first kappa shape index (κ1) is 18.8. The third-order valence-electron chi connectivity index (χ3n) is 4.51. The number of imide groups is 1. The Morgan fingerprint density at radius 3 is 2.31 bits per heavy atom. The van der Waals surface area contributed by atoms with E-state index in [0.717, 1.165) is 45.4 Å². The Kier molecular flexibility index (Phi) is 5.35. The van der Waals surface area contributed by atoms with Crippen molar-refractivity contribution in [2.24, 2.45) is 0 Å². The van der Waals surface area contributed by atoms with Crippen molar-refractivity contribution in [2.45, 2.75) is 6.92 Å². The Labute approximate surface area is 172 Å². The highest BCUT2D eigenvalue weighted by atomic mass is 32.2. The fraction of sp³-hybridized carbons (Fsp3) is 0.0435. The van der Waals surface area contributed by atoms with E-state index in [1.807, 2.05) is 55.5 Å². The fourth-order valence-electron chi connectivity index (χ4n) is 3.11. The lowest BCUT2D eigenvalue weighted by atomic mass is 10.1. The van der Waals surface area contributed by atoms with Gasteiger partial charge >= 0.3 is 5.24 Å². The SMILES string of the molecule is Cc1ccc2[nH]c(-c3ccccc3)c(NSC(=O)NC(=O)c3ccccc3)c2c1. The average molecular weight is 401 g/mol. The number of aromatic amines is 1. The second kappa shape index (κ2) is 8.24. The second-order valence-electron chi connectivity index (χ2n) is 6.60. The van der Waals surface area contributed by atoms with Gasteiger partial charge in [0, 0.05) is 34.0 Å². The van der Waals surface area contributed by atoms with E-state index in [2.05, 4.69) is 21.1 Å². The van der Waals surface area contributed by atoms with Gasteiger partial charge in [-0.1, -0.05) is 60.2 Å². The molecular weight excluding hydrogens is 382 g/mol. The first-order chi connectivity index (χ1) is 14.1. The lowest BCUT2D eigenvalue weighted by molar-refractivity contribution is 0.0969. The van der Waals surface area contributed by atoms with Gasteiger partial charge in [-0.2, -0.15) is 0 Å². The Morgan fingerprint density at radius 1 is 0.897 bits per heavy atom. The molecule has 0 spiro atoms. The summed E-state index contributed by atoms with van der Waals surface area (Å²) in [5.41, 5.74) is 5.23. The molecule has 0 aliphatic rings. The van der Waals surface area contributed by atoms with Crippen LogP contribution in [0.2, 0.25) is 0 Å². The summed E-state index contributed by atoms with van der Waals surface area (Å²) in [5.74, 6) is -0.428. The maximum absolute atomic E-state index is 12.3. The van der Waals surface area contributed by atoms with Crippen molar-refractivity contribution in [1.82, 2.24) is 10.3 Å². The van der Waals surface area contributed by atoms with E-state index in [9.17, 15) is 9.59 Å². The molecule has 3 aromatic carbocycles. The van der Waals surface area contributed by atoms with Gasteiger partial charge in [-0.05, 0) is 31.2 Å². The summed E-state index contributed by atoms with van der Waals surface area (Å²) in [6.07, 6.45) is 0. The molecule has 0 saturated carbocycles. The molecule has 0 unspecified atom stereocenters. The summed E-state index contributed by atoms with van der Waals surface area (Å²) in [6.45, 7) is 2.02. The summed E-state index contributed by atoms with van der Waals surface area (Å²) in [6, 6.07) is 24.7. The summed E-state index contributed by atoms with van der Waals surface area (Å²) < 4.78 is 3.14. The molecule has 0 radical (unpaired) electrons. The maximum atomic E-state index is 12.3. The van der Waals surface area contributed by atoms with Crippen LogP contribution in [0, 0.1) is 6.92 Å². The number of fused-ring (bicyclic) bond motifs is 1. The zero-order valence-electron chi connectivity index (χ0n) is 15.7. The van der Waals surface area contributed by atoms with Gasteiger partial charge in [0.15, 0.2) is 0 Å². The Balaban J connectivity index is 1.57. The van der Waals surface area contributed by atoms with Crippen molar-refractivity contribution in [3.05, 3.63) is 90.0 Å². The summed E-state index contributed by atoms with van der Waals surface area (Å²) in [5, 5.41) is 2.90. The van der Waals surface area contributed by atoms with Crippen LogP contribution in [0.1, 0.15) is 15.9 Å². The zero-order valence-corrected chi connectivity index (χ0v) is 16.5. The molecule has 29 heavy (non-hydrogen) atoms. The zero-order chi connectivity index (χ0) is 20.2. The molecule has 0 bridgehead atoms. The van der Waals surface area contributed by atoms with Crippen molar-refractivity contribution in [3.63, 3.8) is 0 Å². The van der Waals surface area contributed by atoms with E-state index in [-0.39, 0.29) is 0 Å². The van der Waals surface area contributed by atoms with Crippen LogP contribution in [0.4, 0.5) is 10.5 Å². The minimum atomic E-state index is -0.472. The van der Waals surface area contributed by atoms with Crippen LogP contribution in [0.5, 0.6) is 0 Å². The summed E-state index contributed by atoms with van der Waals surface area (Å²) in [7, 11) is 0. The van der Waals surface area contributed by atoms with Crippen LogP contribution in [0.3, 0.4) is 0 Å². The second-order valence-corrected chi connectivity index (χ2v) is 7.38. The molecule has 4 aromatic rings. The minimum Gasteiger partial charge on any atom is -0.353 e. The monoisotopic (exact) mass is 401 g/mol. The van der Waals surface area contributed by atoms with E-state index < -0.39 is 11.1 Å². The molecule has 0 aliphatic carbocycles. The van der Waals surface area contributed by atoms with Crippen LogP contribution in [0.15, 0.2) is 78.9 Å². The normalized spacial score (nSPS) is 10.7. The highest BCUT2D eigenvalue weighted by molar-refractivity contribution is 8.14. The molecular formula is C23H19N3O2S. The number of benzene rings is 3. The predicted octanol–water partition coefficient (Wildman–Crippen LogP) is 5.75. The maximum Gasteiger partial charge on any atom is 0.306 e. The van der Waals surface area contributed by atoms with Crippen LogP contribution >= 0.6 is 11.9 Å². The van der Waals surface area contributed by atoms with Crippen molar-refractivity contribution >= 4 is 39.7 Å². The van der Waals surface area contributed by atoms with Gasteiger partial charge in [0.25, 0.3) is 5.91 Å². The average Bonchev–Trinajstić information content (AvgIpc) is 3.11. The van der Waals surface area contributed by atoms with Crippen molar-refractivity contribution < 1.29 is 9.59 Å². The molecule has 0 fully saturated rings. The van der Waals surface area contributed by atoms with Crippen LogP contribution < -0.4 is 10.0 Å². The molecule has 1 heterocycles. The number of aryl methyl sites for hydroxylation is 1. The highest BCUT2D eigenvalue weighted by Crippen LogP contribution is 2.36. The summed E-state index contributed by atoms with van der Waals surface area (Å²) >= 11 is 0.846. The highest BCUT2D eigenvalue weighted by Gasteiger charge is 2.16. The van der Waals surface area contributed by atoms with Crippen molar-refractivity contribution in [1.29, 1.82) is 0 Å².